The minimum absolute atomic E-state index is 0.756. The molecule has 0 unspecified atom stereocenters. The fourth-order valence-electron chi connectivity index (χ4n) is 1.50. The van der Waals surface area contributed by atoms with E-state index in [0.29, 0.717) is 0 Å². The number of aliphatic imine (C=N–C) groups is 1. The SMILES string of the molecule is CC.Cc1ccc2c(c1)CCC(N)=N2. The Balaban J connectivity index is 0.000000461. The molecule has 1 aliphatic heterocycles. The second-order valence-corrected chi connectivity index (χ2v) is 3.24. The van der Waals surface area contributed by atoms with Crippen molar-refractivity contribution in [3.63, 3.8) is 0 Å². The largest absolute Gasteiger partial charge is 0.387 e. The zero-order valence-electron chi connectivity index (χ0n) is 9.17. The molecule has 2 nitrogen and oxygen atoms in total. The average molecular weight is 190 g/mol. The van der Waals surface area contributed by atoms with Crippen LogP contribution in [0.3, 0.4) is 0 Å². The van der Waals surface area contributed by atoms with Gasteiger partial charge in [0.05, 0.1) is 11.5 Å². The normalized spacial score (nSPS) is 13.5. The number of nitrogens with zero attached hydrogens (tertiary/aromatic N) is 1. The van der Waals surface area contributed by atoms with Crippen LogP contribution >= 0.6 is 0 Å². The van der Waals surface area contributed by atoms with Gasteiger partial charge < -0.3 is 5.73 Å². The fourth-order valence-corrected chi connectivity index (χ4v) is 1.50. The van der Waals surface area contributed by atoms with Gasteiger partial charge in [0.25, 0.3) is 0 Å². The monoisotopic (exact) mass is 190 g/mol. The number of hydrogen-bond acceptors (Lipinski definition) is 2. The van der Waals surface area contributed by atoms with Gasteiger partial charge in [0, 0.05) is 6.42 Å². The Bertz CT molecular complexity index is 340. The number of hydrogen-bond donors (Lipinski definition) is 1. The number of rotatable bonds is 0. The Morgan fingerprint density at radius 2 is 1.93 bits per heavy atom. The summed E-state index contributed by atoms with van der Waals surface area (Å²) in [6.07, 6.45) is 1.93. The number of aryl methyl sites for hydroxylation is 2. The standard InChI is InChI=1S/C10H12N2.C2H6/c1-7-2-4-9-8(6-7)3-5-10(11)12-9;1-2/h2,4,6H,3,5H2,1H3,(H2,11,12);1-2H3. The summed E-state index contributed by atoms with van der Waals surface area (Å²) in [5.74, 6) is 0.756. The quantitative estimate of drug-likeness (QED) is 0.671. The summed E-state index contributed by atoms with van der Waals surface area (Å²) in [5, 5.41) is 0. The molecule has 76 valence electrons. The van der Waals surface area contributed by atoms with Crippen LogP contribution in [0.4, 0.5) is 5.69 Å². The van der Waals surface area contributed by atoms with Crippen LogP contribution in [-0.2, 0) is 6.42 Å². The summed E-state index contributed by atoms with van der Waals surface area (Å²) in [5.41, 5.74) is 9.30. The molecular formula is C12H18N2. The molecule has 0 saturated heterocycles. The van der Waals surface area contributed by atoms with E-state index in [0.717, 1.165) is 24.4 Å². The molecule has 0 spiro atoms. The molecule has 0 bridgehead atoms. The van der Waals surface area contributed by atoms with Gasteiger partial charge in [0.1, 0.15) is 0 Å². The highest BCUT2D eigenvalue weighted by atomic mass is 14.9. The molecule has 2 rings (SSSR count). The van der Waals surface area contributed by atoms with Crippen LogP contribution in [0.15, 0.2) is 23.2 Å². The second-order valence-electron chi connectivity index (χ2n) is 3.24. The van der Waals surface area contributed by atoms with E-state index >= 15 is 0 Å². The van der Waals surface area contributed by atoms with Gasteiger partial charge in [-0.3, -0.25) is 0 Å². The lowest BCUT2D eigenvalue weighted by atomic mass is 10.0. The van der Waals surface area contributed by atoms with E-state index in [1.165, 1.54) is 11.1 Å². The van der Waals surface area contributed by atoms with Gasteiger partial charge in [-0.1, -0.05) is 31.5 Å². The predicted octanol–water partition coefficient (Wildman–Crippen LogP) is 2.96. The number of amidine groups is 1. The lowest BCUT2D eigenvalue weighted by molar-refractivity contribution is 0.992. The third-order valence-electron chi connectivity index (χ3n) is 2.15. The Kier molecular flexibility index (Phi) is 3.69. The molecule has 2 N–H and O–H groups in total. The maximum Gasteiger partial charge on any atom is 0.0999 e. The molecule has 0 amide bonds. The van der Waals surface area contributed by atoms with Crippen molar-refractivity contribution < 1.29 is 0 Å². The van der Waals surface area contributed by atoms with Gasteiger partial charge in [-0.2, -0.15) is 0 Å². The Morgan fingerprint density at radius 3 is 2.64 bits per heavy atom. The number of benzene rings is 1. The van der Waals surface area contributed by atoms with E-state index in [4.69, 9.17) is 5.73 Å². The van der Waals surface area contributed by atoms with E-state index in [-0.39, 0.29) is 0 Å². The Labute approximate surface area is 85.9 Å². The first kappa shape index (κ1) is 10.8. The van der Waals surface area contributed by atoms with E-state index in [9.17, 15) is 0 Å². The van der Waals surface area contributed by atoms with Crippen LogP contribution in [-0.4, -0.2) is 5.84 Å². The topological polar surface area (TPSA) is 38.4 Å². The molecule has 1 aromatic rings. The highest BCUT2D eigenvalue weighted by Crippen LogP contribution is 2.25. The van der Waals surface area contributed by atoms with E-state index in [2.05, 4.69) is 24.0 Å². The van der Waals surface area contributed by atoms with Crippen LogP contribution in [0.5, 0.6) is 0 Å². The van der Waals surface area contributed by atoms with Gasteiger partial charge in [-0.05, 0) is 25.0 Å². The summed E-state index contributed by atoms with van der Waals surface area (Å²) < 4.78 is 0. The molecule has 1 aliphatic rings. The molecule has 0 fully saturated rings. The van der Waals surface area contributed by atoms with Crippen molar-refractivity contribution in [2.45, 2.75) is 33.6 Å². The predicted molar refractivity (Wildman–Crippen MR) is 62.1 cm³/mol. The summed E-state index contributed by atoms with van der Waals surface area (Å²) in [6.45, 7) is 6.10. The van der Waals surface area contributed by atoms with Crippen LogP contribution in [0.2, 0.25) is 0 Å². The minimum atomic E-state index is 0.756. The van der Waals surface area contributed by atoms with E-state index in [1.807, 2.05) is 19.9 Å². The maximum absolute atomic E-state index is 5.64. The van der Waals surface area contributed by atoms with Crippen LogP contribution in [0.25, 0.3) is 0 Å². The minimum Gasteiger partial charge on any atom is -0.387 e. The highest BCUT2D eigenvalue weighted by molar-refractivity contribution is 5.85. The molecule has 1 heterocycles. The molecule has 2 heteroatoms. The maximum atomic E-state index is 5.64. The van der Waals surface area contributed by atoms with E-state index < -0.39 is 0 Å². The Morgan fingerprint density at radius 1 is 1.21 bits per heavy atom. The summed E-state index contributed by atoms with van der Waals surface area (Å²) in [7, 11) is 0. The van der Waals surface area contributed by atoms with Gasteiger partial charge in [0.15, 0.2) is 0 Å². The summed E-state index contributed by atoms with van der Waals surface area (Å²) in [6, 6.07) is 6.29. The van der Waals surface area contributed by atoms with Gasteiger partial charge in [-0.25, -0.2) is 4.99 Å². The lowest BCUT2D eigenvalue weighted by Crippen LogP contribution is -2.15. The van der Waals surface area contributed by atoms with Crippen molar-refractivity contribution >= 4 is 11.5 Å². The van der Waals surface area contributed by atoms with Crippen LogP contribution in [0, 0.1) is 6.92 Å². The molecule has 1 aromatic carbocycles. The third kappa shape index (κ3) is 2.34. The first-order chi connectivity index (χ1) is 6.75. The van der Waals surface area contributed by atoms with Crippen molar-refractivity contribution in [2.75, 3.05) is 0 Å². The molecular weight excluding hydrogens is 172 g/mol. The van der Waals surface area contributed by atoms with Crippen molar-refractivity contribution in [1.29, 1.82) is 0 Å². The Hall–Kier alpha value is -1.31. The fraction of sp³-hybridized carbons (Fsp3) is 0.417. The number of fused-ring (bicyclic) bond motifs is 1. The molecule has 14 heavy (non-hydrogen) atoms. The van der Waals surface area contributed by atoms with Gasteiger partial charge in [-0.15, -0.1) is 0 Å². The van der Waals surface area contributed by atoms with E-state index in [1.54, 1.807) is 0 Å². The average Bonchev–Trinajstić information content (AvgIpc) is 2.21. The molecule has 0 aromatic heterocycles. The second kappa shape index (κ2) is 4.80. The van der Waals surface area contributed by atoms with Crippen molar-refractivity contribution in [2.24, 2.45) is 10.7 Å². The molecule has 0 saturated carbocycles. The molecule has 0 atom stereocenters. The highest BCUT2D eigenvalue weighted by Gasteiger charge is 2.08. The first-order valence-electron chi connectivity index (χ1n) is 5.18. The van der Waals surface area contributed by atoms with Crippen LogP contribution in [0.1, 0.15) is 31.4 Å². The van der Waals surface area contributed by atoms with Gasteiger partial charge in [0.2, 0.25) is 0 Å². The molecule has 0 aliphatic carbocycles. The van der Waals surface area contributed by atoms with Crippen molar-refractivity contribution in [3.8, 4) is 0 Å². The summed E-state index contributed by atoms with van der Waals surface area (Å²) >= 11 is 0. The van der Waals surface area contributed by atoms with Gasteiger partial charge >= 0.3 is 0 Å². The summed E-state index contributed by atoms with van der Waals surface area (Å²) in [4.78, 5) is 4.28. The van der Waals surface area contributed by atoms with Crippen molar-refractivity contribution in [3.05, 3.63) is 29.3 Å². The van der Waals surface area contributed by atoms with Crippen LogP contribution < -0.4 is 5.73 Å². The number of nitrogens with two attached hydrogens (primary N) is 1. The smallest absolute Gasteiger partial charge is 0.0999 e. The van der Waals surface area contributed by atoms with Crippen molar-refractivity contribution in [1.82, 2.24) is 0 Å². The zero-order valence-corrected chi connectivity index (χ0v) is 9.17. The zero-order chi connectivity index (χ0) is 10.6. The third-order valence-corrected chi connectivity index (χ3v) is 2.15. The lowest BCUT2D eigenvalue weighted by Gasteiger charge is -2.12. The molecule has 0 radical (unpaired) electrons. The first-order valence-corrected chi connectivity index (χ1v) is 5.18.